The van der Waals surface area contributed by atoms with Gasteiger partial charge >= 0.3 is 5.97 Å². The van der Waals surface area contributed by atoms with Gasteiger partial charge in [-0.1, -0.05) is 32.4 Å². The molecular weight excluding hydrogens is 292 g/mol. The van der Waals surface area contributed by atoms with E-state index in [0.717, 1.165) is 5.69 Å². The van der Waals surface area contributed by atoms with Crippen LogP contribution in [0.3, 0.4) is 0 Å². The summed E-state index contributed by atoms with van der Waals surface area (Å²) in [6.07, 6.45) is 0.810. The molecule has 0 aromatic carbocycles. The van der Waals surface area contributed by atoms with E-state index in [4.69, 9.17) is 11.6 Å². The molecule has 0 aliphatic heterocycles. The van der Waals surface area contributed by atoms with Gasteiger partial charge in [-0.15, -0.1) is 0 Å². The molecule has 0 spiro atoms. The monoisotopic (exact) mass is 312 g/mol. The van der Waals surface area contributed by atoms with Crippen molar-refractivity contribution in [1.82, 2.24) is 10.3 Å². The van der Waals surface area contributed by atoms with Crippen molar-refractivity contribution in [2.45, 2.75) is 39.0 Å². The van der Waals surface area contributed by atoms with Crippen molar-refractivity contribution in [3.63, 3.8) is 0 Å². The summed E-state index contributed by atoms with van der Waals surface area (Å²) < 4.78 is 4.53. The summed E-state index contributed by atoms with van der Waals surface area (Å²) in [4.78, 5) is 27.3. The largest absolute Gasteiger partial charge is 0.469 e. The lowest BCUT2D eigenvalue weighted by Gasteiger charge is -2.18. The first-order chi connectivity index (χ1) is 9.74. The molecule has 0 fully saturated rings. The van der Waals surface area contributed by atoms with Crippen LogP contribution in [0.1, 0.15) is 49.7 Å². The molecule has 0 saturated carbocycles. The Morgan fingerprint density at radius 2 is 2.00 bits per heavy atom. The van der Waals surface area contributed by atoms with Crippen LogP contribution in [-0.4, -0.2) is 30.5 Å². The van der Waals surface area contributed by atoms with Gasteiger partial charge in [0.15, 0.2) is 0 Å². The predicted molar refractivity (Wildman–Crippen MR) is 81.5 cm³/mol. The van der Waals surface area contributed by atoms with Gasteiger partial charge in [-0.05, 0) is 18.6 Å². The zero-order valence-corrected chi connectivity index (χ0v) is 13.6. The van der Waals surface area contributed by atoms with Crippen LogP contribution >= 0.6 is 11.6 Å². The maximum Gasteiger partial charge on any atom is 0.305 e. The fourth-order valence-corrected chi connectivity index (χ4v) is 1.86. The number of hydrogen-bond acceptors (Lipinski definition) is 4. The molecule has 0 radical (unpaired) electrons. The molecule has 1 heterocycles. The van der Waals surface area contributed by atoms with E-state index in [1.54, 1.807) is 6.07 Å². The SMILES string of the molecule is COC(=O)CCCNC(=O)c1cc(Cl)nc(C(C)(C)C)c1. The highest BCUT2D eigenvalue weighted by Gasteiger charge is 2.18. The van der Waals surface area contributed by atoms with Crippen LogP contribution in [0, 0.1) is 0 Å². The van der Waals surface area contributed by atoms with Gasteiger partial charge in [0.25, 0.3) is 5.91 Å². The number of amides is 1. The highest BCUT2D eigenvalue weighted by molar-refractivity contribution is 6.29. The number of ether oxygens (including phenoxy) is 1. The first-order valence-corrected chi connectivity index (χ1v) is 7.15. The molecule has 116 valence electrons. The highest BCUT2D eigenvalue weighted by atomic mass is 35.5. The van der Waals surface area contributed by atoms with E-state index in [-0.39, 0.29) is 23.7 Å². The molecule has 0 atom stereocenters. The van der Waals surface area contributed by atoms with Crippen LogP contribution in [0.15, 0.2) is 12.1 Å². The number of rotatable bonds is 5. The minimum Gasteiger partial charge on any atom is -0.469 e. The number of carbonyl (C=O) groups is 2. The van der Waals surface area contributed by atoms with E-state index < -0.39 is 0 Å². The average Bonchev–Trinajstić information content (AvgIpc) is 2.41. The van der Waals surface area contributed by atoms with Gasteiger partial charge in [0.2, 0.25) is 0 Å². The Hall–Kier alpha value is -1.62. The van der Waals surface area contributed by atoms with Crippen molar-refractivity contribution in [2.24, 2.45) is 0 Å². The summed E-state index contributed by atoms with van der Waals surface area (Å²) in [5.41, 5.74) is 1.04. The first-order valence-electron chi connectivity index (χ1n) is 6.77. The summed E-state index contributed by atoms with van der Waals surface area (Å²) >= 11 is 5.97. The number of hydrogen-bond donors (Lipinski definition) is 1. The molecule has 0 aliphatic carbocycles. The lowest BCUT2D eigenvalue weighted by molar-refractivity contribution is -0.140. The van der Waals surface area contributed by atoms with E-state index in [1.807, 2.05) is 20.8 Å². The summed E-state index contributed by atoms with van der Waals surface area (Å²) in [7, 11) is 1.34. The smallest absolute Gasteiger partial charge is 0.305 e. The summed E-state index contributed by atoms with van der Waals surface area (Å²) in [5, 5.41) is 3.04. The van der Waals surface area contributed by atoms with Gasteiger partial charge in [-0.25, -0.2) is 4.98 Å². The van der Waals surface area contributed by atoms with Crippen LogP contribution in [0.4, 0.5) is 0 Å². The van der Waals surface area contributed by atoms with Crippen LogP contribution < -0.4 is 5.32 Å². The maximum atomic E-state index is 12.1. The highest BCUT2D eigenvalue weighted by Crippen LogP contribution is 2.23. The lowest BCUT2D eigenvalue weighted by atomic mass is 9.91. The Morgan fingerprint density at radius 1 is 1.33 bits per heavy atom. The molecule has 1 amide bonds. The van der Waals surface area contributed by atoms with Gasteiger partial charge in [0, 0.05) is 29.6 Å². The Kier molecular flexibility index (Phi) is 6.15. The first kappa shape index (κ1) is 17.4. The van der Waals surface area contributed by atoms with Crippen molar-refractivity contribution < 1.29 is 14.3 Å². The van der Waals surface area contributed by atoms with Crippen molar-refractivity contribution in [2.75, 3.05) is 13.7 Å². The number of pyridine rings is 1. The second-order valence-electron chi connectivity index (χ2n) is 5.75. The number of carbonyl (C=O) groups excluding carboxylic acids is 2. The van der Waals surface area contributed by atoms with Crippen molar-refractivity contribution in [1.29, 1.82) is 0 Å². The zero-order valence-electron chi connectivity index (χ0n) is 12.8. The second-order valence-corrected chi connectivity index (χ2v) is 6.14. The number of nitrogens with one attached hydrogen (secondary N) is 1. The molecular formula is C15H21ClN2O3. The minimum absolute atomic E-state index is 0.190. The number of nitrogens with zero attached hydrogens (tertiary/aromatic N) is 1. The molecule has 0 aliphatic rings. The topological polar surface area (TPSA) is 68.3 Å². The van der Waals surface area contributed by atoms with E-state index >= 15 is 0 Å². The molecule has 5 nitrogen and oxygen atoms in total. The Balaban J connectivity index is 2.66. The third-order valence-corrected chi connectivity index (χ3v) is 3.09. The molecule has 21 heavy (non-hydrogen) atoms. The van der Waals surface area contributed by atoms with Crippen LogP contribution in [0.5, 0.6) is 0 Å². The van der Waals surface area contributed by atoms with Crippen LogP contribution in [-0.2, 0) is 14.9 Å². The van der Waals surface area contributed by atoms with Gasteiger partial charge < -0.3 is 10.1 Å². The zero-order chi connectivity index (χ0) is 16.0. The third kappa shape index (κ3) is 5.71. The summed E-state index contributed by atoms with van der Waals surface area (Å²) in [6.45, 7) is 6.41. The van der Waals surface area contributed by atoms with E-state index in [0.29, 0.717) is 23.7 Å². The van der Waals surface area contributed by atoms with Crippen molar-refractivity contribution in [3.05, 3.63) is 28.5 Å². The number of esters is 1. The molecule has 1 N–H and O–H groups in total. The van der Waals surface area contributed by atoms with Gasteiger partial charge in [-0.3, -0.25) is 9.59 Å². The molecule has 0 saturated heterocycles. The van der Waals surface area contributed by atoms with Gasteiger partial charge in [0.05, 0.1) is 7.11 Å². The van der Waals surface area contributed by atoms with Crippen LogP contribution in [0.2, 0.25) is 5.15 Å². The fourth-order valence-electron chi connectivity index (χ4n) is 1.65. The van der Waals surface area contributed by atoms with Gasteiger partial charge in [0.1, 0.15) is 5.15 Å². The fraction of sp³-hybridized carbons (Fsp3) is 0.533. The van der Waals surface area contributed by atoms with Crippen molar-refractivity contribution in [3.8, 4) is 0 Å². The Morgan fingerprint density at radius 3 is 2.57 bits per heavy atom. The van der Waals surface area contributed by atoms with Crippen molar-refractivity contribution >= 4 is 23.5 Å². The maximum absolute atomic E-state index is 12.1. The summed E-state index contributed by atoms with van der Waals surface area (Å²) in [5.74, 6) is -0.513. The molecule has 0 bridgehead atoms. The van der Waals surface area contributed by atoms with E-state index in [2.05, 4.69) is 15.0 Å². The predicted octanol–water partition coefficient (Wildman–Crippen LogP) is 2.72. The standard InChI is InChI=1S/C15H21ClN2O3/c1-15(2,3)11-8-10(9-12(16)18-11)14(20)17-7-5-6-13(19)21-4/h8-9H,5-7H2,1-4H3,(H,17,20). The normalized spacial score (nSPS) is 11.1. The minimum atomic E-state index is -0.286. The van der Waals surface area contributed by atoms with Gasteiger partial charge in [-0.2, -0.15) is 0 Å². The Bertz CT molecular complexity index is 524. The van der Waals surface area contributed by atoms with E-state index in [9.17, 15) is 9.59 Å². The average molecular weight is 313 g/mol. The number of aromatic nitrogens is 1. The number of halogens is 1. The molecule has 6 heteroatoms. The Labute approximate surface area is 130 Å². The quantitative estimate of drug-likeness (QED) is 0.515. The molecule has 1 rings (SSSR count). The molecule has 1 aromatic heterocycles. The summed E-state index contributed by atoms with van der Waals surface area (Å²) in [6, 6.07) is 3.27. The van der Waals surface area contributed by atoms with Crippen LogP contribution in [0.25, 0.3) is 0 Å². The second kappa shape index (κ2) is 7.41. The van der Waals surface area contributed by atoms with E-state index in [1.165, 1.54) is 13.2 Å². The number of methoxy groups -OCH3 is 1. The third-order valence-electron chi connectivity index (χ3n) is 2.90. The lowest BCUT2D eigenvalue weighted by Crippen LogP contribution is -2.26. The molecule has 1 aromatic rings. The molecule has 0 unspecified atom stereocenters.